The highest BCUT2D eigenvalue weighted by Gasteiger charge is 2.24. The zero-order valence-electron chi connectivity index (χ0n) is 19.3. The molecule has 1 aliphatic carbocycles. The molecule has 174 valence electrons. The Kier molecular flexibility index (Phi) is 5.37. The number of benzene rings is 3. The van der Waals surface area contributed by atoms with Crippen LogP contribution >= 0.6 is 0 Å². The van der Waals surface area contributed by atoms with Crippen molar-refractivity contribution in [2.45, 2.75) is 38.3 Å². The molecule has 1 fully saturated rings. The first-order valence-electron chi connectivity index (χ1n) is 12.0. The number of fused-ring (bicyclic) bond motifs is 2. The number of carbonyl (C=O) groups is 1. The molecule has 0 aliphatic heterocycles. The van der Waals surface area contributed by atoms with Crippen LogP contribution in [0.1, 0.15) is 47.6 Å². The molecule has 5 aromatic rings. The van der Waals surface area contributed by atoms with Crippen molar-refractivity contribution in [3.05, 3.63) is 84.2 Å². The Balaban J connectivity index is 1.25. The molecule has 6 rings (SSSR count). The lowest BCUT2D eigenvalue weighted by molar-refractivity contribution is 0.0952. The summed E-state index contributed by atoms with van der Waals surface area (Å²) < 4.78 is 2.04. The molecule has 1 amide bonds. The van der Waals surface area contributed by atoms with Crippen LogP contribution in [-0.2, 0) is 6.54 Å². The van der Waals surface area contributed by atoms with Crippen LogP contribution in [0.2, 0.25) is 0 Å². The van der Waals surface area contributed by atoms with Gasteiger partial charge in [-0.15, -0.1) is 0 Å². The van der Waals surface area contributed by atoms with Gasteiger partial charge in [-0.05, 0) is 35.2 Å². The van der Waals surface area contributed by atoms with E-state index in [1.54, 1.807) is 0 Å². The van der Waals surface area contributed by atoms with Crippen LogP contribution in [0.3, 0.4) is 0 Å². The van der Waals surface area contributed by atoms with E-state index < -0.39 is 0 Å². The predicted molar refractivity (Wildman–Crippen MR) is 138 cm³/mol. The third kappa shape index (κ3) is 3.89. The third-order valence-electron chi connectivity index (χ3n) is 6.90. The molecule has 3 aromatic carbocycles. The highest BCUT2D eigenvalue weighted by atomic mass is 16.1. The SMILES string of the molecule is Nc1ncnc2c1c(-c1ccc(CNC(=O)c3cccc4ccccc34)cc1)nn2C1CCCC1. The number of hydrogen-bond donors (Lipinski definition) is 2. The summed E-state index contributed by atoms with van der Waals surface area (Å²) in [5.41, 5.74) is 10.5. The summed E-state index contributed by atoms with van der Waals surface area (Å²) in [6.07, 6.45) is 6.14. The quantitative estimate of drug-likeness (QED) is 0.371. The first-order valence-corrected chi connectivity index (χ1v) is 12.0. The van der Waals surface area contributed by atoms with Crippen molar-refractivity contribution >= 4 is 33.5 Å². The number of anilines is 1. The number of nitrogens with one attached hydrogen (secondary N) is 1. The minimum Gasteiger partial charge on any atom is -0.383 e. The Bertz CT molecular complexity index is 1530. The van der Waals surface area contributed by atoms with Crippen molar-refractivity contribution in [1.29, 1.82) is 0 Å². The average molecular weight is 463 g/mol. The number of nitrogen functional groups attached to an aromatic ring is 1. The molecule has 2 aromatic heterocycles. The molecule has 7 nitrogen and oxygen atoms in total. The Morgan fingerprint density at radius 2 is 1.74 bits per heavy atom. The minimum atomic E-state index is -0.0860. The topological polar surface area (TPSA) is 98.7 Å². The molecular formula is C28H26N6O. The standard InChI is InChI=1S/C28H26N6O/c29-26-24-25(33-34(21-8-2-3-9-21)27(24)32-17-31-26)20-14-12-18(13-15-20)16-30-28(35)23-11-5-7-19-6-1-4-10-22(19)23/h1,4-7,10-15,17,21H,2-3,8-9,16H2,(H,30,35)(H2,29,31,32). The van der Waals surface area contributed by atoms with Crippen molar-refractivity contribution in [2.75, 3.05) is 5.73 Å². The third-order valence-corrected chi connectivity index (χ3v) is 6.90. The molecule has 1 aliphatic rings. The van der Waals surface area contributed by atoms with Crippen LogP contribution in [0.4, 0.5) is 5.82 Å². The number of nitrogens with two attached hydrogens (primary N) is 1. The fourth-order valence-electron chi connectivity index (χ4n) is 5.08. The van der Waals surface area contributed by atoms with Gasteiger partial charge < -0.3 is 11.1 Å². The summed E-state index contributed by atoms with van der Waals surface area (Å²) >= 11 is 0. The first-order chi connectivity index (χ1) is 17.2. The molecule has 0 bridgehead atoms. The van der Waals surface area contributed by atoms with E-state index in [0.29, 0.717) is 24.0 Å². The number of carbonyl (C=O) groups excluding carboxylic acids is 1. The van der Waals surface area contributed by atoms with Gasteiger partial charge in [-0.25, -0.2) is 14.6 Å². The molecule has 0 atom stereocenters. The number of hydrogen-bond acceptors (Lipinski definition) is 5. The normalized spacial score (nSPS) is 14.1. The fraction of sp³-hybridized carbons (Fsp3) is 0.214. The number of amides is 1. The first kappa shape index (κ1) is 21.3. The average Bonchev–Trinajstić information content (AvgIpc) is 3.56. The van der Waals surface area contributed by atoms with Crippen LogP contribution in [0.25, 0.3) is 33.1 Å². The van der Waals surface area contributed by atoms with Gasteiger partial charge in [-0.2, -0.15) is 5.10 Å². The Hall–Kier alpha value is -4.26. The Morgan fingerprint density at radius 3 is 2.57 bits per heavy atom. The van der Waals surface area contributed by atoms with Crippen LogP contribution in [0.15, 0.2) is 73.1 Å². The maximum atomic E-state index is 12.9. The summed E-state index contributed by atoms with van der Waals surface area (Å²) in [6.45, 7) is 0.435. The maximum absolute atomic E-state index is 12.9. The van der Waals surface area contributed by atoms with Crippen molar-refractivity contribution in [1.82, 2.24) is 25.1 Å². The van der Waals surface area contributed by atoms with Crippen molar-refractivity contribution in [2.24, 2.45) is 0 Å². The minimum absolute atomic E-state index is 0.0860. The van der Waals surface area contributed by atoms with Crippen LogP contribution in [0.5, 0.6) is 0 Å². The second-order valence-corrected chi connectivity index (χ2v) is 9.10. The Labute approximate surface area is 203 Å². The van der Waals surface area contributed by atoms with Gasteiger partial charge in [0.05, 0.1) is 11.4 Å². The molecule has 35 heavy (non-hydrogen) atoms. The largest absolute Gasteiger partial charge is 0.383 e. The van der Waals surface area contributed by atoms with Crippen LogP contribution < -0.4 is 11.1 Å². The molecule has 2 heterocycles. The van der Waals surface area contributed by atoms with Crippen molar-refractivity contribution in [3.8, 4) is 11.3 Å². The molecule has 0 saturated heterocycles. The lowest BCUT2D eigenvalue weighted by Gasteiger charge is -2.10. The highest BCUT2D eigenvalue weighted by molar-refractivity contribution is 6.07. The molecule has 3 N–H and O–H groups in total. The zero-order chi connectivity index (χ0) is 23.8. The second kappa shape index (κ2) is 8.83. The molecule has 0 radical (unpaired) electrons. The van der Waals surface area contributed by atoms with E-state index in [1.807, 2.05) is 71.4 Å². The highest BCUT2D eigenvalue weighted by Crippen LogP contribution is 2.36. The number of aromatic nitrogens is 4. The summed E-state index contributed by atoms with van der Waals surface area (Å²) in [6, 6.07) is 22.1. The predicted octanol–water partition coefficient (Wildman–Crippen LogP) is 5.27. The summed E-state index contributed by atoms with van der Waals surface area (Å²) in [7, 11) is 0. The molecule has 1 saturated carbocycles. The monoisotopic (exact) mass is 462 g/mol. The van der Waals surface area contributed by atoms with Gasteiger partial charge >= 0.3 is 0 Å². The van der Waals surface area contributed by atoms with E-state index in [9.17, 15) is 4.79 Å². The Morgan fingerprint density at radius 1 is 0.971 bits per heavy atom. The lowest BCUT2D eigenvalue weighted by atomic mass is 10.0. The zero-order valence-corrected chi connectivity index (χ0v) is 19.3. The van der Waals surface area contributed by atoms with E-state index in [1.165, 1.54) is 19.2 Å². The number of rotatable bonds is 5. The fourth-order valence-corrected chi connectivity index (χ4v) is 5.08. The maximum Gasteiger partial charge on any atom is 0.252 e. The number of nitrogens with zero attached hydrogens (tertiary/aromatic N) is 4. The molecule has 0 spiro atoms. The summed E-state index contributed by atoms with van der Waals surface area (Å²) in [5.74, 6) is 0.359. The molecular weight excluding hydrogens is 436 g/mol. The van der Waals surface area contributed by atoms with Crippen LogP contribution in [0, 0.1) is 0 Å². The van der Waals surface area contributed by atoms with Gasteiger partial charge in [0.15, 0.2) is 5.65 Å². The van der Waals surface area contributed by atoms with Gasteiger partial charge in [0.1, 0.15) is 17.8 Å². The summed E-state index contributed by atoms with van der Waals surface area (Å²) in [4.78, 5) is 21.6. The van der Waals surface area contributed by atoms with E-state index in [-0.39, 0.29) is 5.91 Å². The van der Waals surface area contributed by atoms with Crippen molar-refractivity contribution < 1.29 is 4.79 Å². The lowest BCUT2D eigenvalue weighted by Crippen LogP contribution is -2.22. The van der Waals surface area contributed by atoms with Gasteiger partial charge in [0.25, 0.3) is 5.91 Å². The van der Waals surface area contributed by atoms with E-state index in [0.717, 1.165) is 51.5 Å². The summed E-state index contributed by atoms with van der Waals surface area (Å²) in [5, 5.41) is 10.8. The van der Waals surface area contributed by atoms with Gasteiger partial charge in [0.2, 0.25) is 0 Å². The van der Waals surface area contributed by atoms with E-state index in [2.05, 4.69) is 15.3 Å². The van der Waals surface area contributed by atoms with Crippen molar-refractivity contribution in [3.63, 3.8) is 0 Å². The smallest absolute Gasteiger partial charge is 0.252 e. The van der Waals surface area contributed by atoms with Crippen LogP contribution in [-0.4, -0.2) is 25.7 Å². The van der Waals surface area contributed by atoms with E-state index in [4.69, 9.17) is 10.8 Å². The van der Waals surface area contributed by atoms with Gasteiger partial charge in [0, 0.05) is 17.7 Å². The van der Waals surface area contributed by atoms with Gasteiger partial charge in [-0.3, -0.25) is 4.79 Å². The second-order valence-electron chi connectivity index (χ2n) is 9.10. The molecule has 7 heteroatoms. The molecule has 0 unspecified atom stereocenters. The van der Waals surface area contributed by atoms with Gasteiger partial charge in [-0.1, -0.05) is 73.5 Å². The van der Waals surface area contributed by atoms with E-state index >= 15 is 0 Å².